The van der Waals surface area contributed by atoms with Crippen LogP contribution >= 0.6 is 11.6 Å². The van der Waals surface area contributed by atoms with Crippen LogP contribution in [-0.2, 0) is 6.54 Å². The number of aliphatic imine (C=N–C) groups is 1. The fraction of sp³-hybridized carbons (Fsp3) is 0.345. The van der Waals surface area contributed by atoms with E-state index in [2.05, 4.69) is 77.7 Å². The maximum Gasteiger partial charge on any atom is 0.0654 e. The maximum atomic E-state index is 6.49. The third-order valence-electron chi connectivity index (χ3n) is 7.86. The lowest BCUT2D eigenvalue weighted by Gasteiger charge is -2.54. The molecule has 3 aromatic carbocycles. The predicted molar refractivity (Wildman–Crippen MR) is 132 cm³/mol. The molecule has 4 saturated heterocycles. The lowest BCUT2D eigenvalue weighted by molar-refractivity contribution is 0.0620. The molecule has 32 heavy (non-hydrogen) atoms. The average molecular weight is 441 g/mol. The highest BCUT2D eigenvalue weighted by atomic mass is 35.5. The Morgan fingerprint density at radius 1 is 0.781 bits per heavy atom. The van der Waals surface area contributed by atoms with Gasteiger partial charge in [-0.1, -0.05) is 90.5 Å². The van der Waals surface area contributed by atoms with Gasteiger partial charge in [-0.15, -0.1) is 0 Å². The second-order valence-electron chi connectivity index (χ2n) is 9.58. The van der Waals surface area contributed by atoms with Gasteiger partial charge in [-0.3, -0.25) is 9.89 Å². The third kappa shape index (κ3) is 3.50. The molecule has 2 nitrogen and oxygen atoms in total. The Balaban J connectivity index is 1.46. The largest absolute Gasteiger partial charge is 0.288 e. The first-order valence-electron chi connectivity index (χ1n) is 11.9. The highest BCUT2D eigenvalue weighted by molar-refractivity contribution is 6.31. The molecule has 3 aromatic rings. The van der Waals surface area contributed by atoms with Crippen LogP contribution in [0.25, 0.3) is 0 Å². The van der Waals surface area contributed by atoms with Gasteiger partial charge in [-0.2, -0.15) is 0 Å². The van der Waals surface area contributed by atoms with E-state index >= 15 is 0 Å². The van der Waals surface area contributed by atoms with E-state index < -0.39 is 0 Å². The summed E-state index contributed by atoms with van der Waals surface area (Å²) in [5.41, 5.74) is 5.30. The van der Waals surface area contributed by atoms with Crippen molar-refractivity contribution < 1.29 is 0 Å². The zero-order chi connectivity index (χ0) is 21.5. The molecular weight excluding hydrogens is 412 g/mol. The van der Waals surface area contributed by atoms with Crippen LogP contribution in [0.15, 0.2) is 89.9 Å². The number of fused-ring (bicyclic) bond motifs is 1. The van der Waals surface area contributed by atoms with Gasteiger partial charge in [0.25, 0.3) is 0 Å². The van der Waals surface area contributed by atoms with E-state index in [-0.39, 0.29) is 0 Å². The minimum Gasteiger partial charge on any atom is -0.288 e. The summed E-state index contributed by atoms with van der Waals surface area (Å²) < 4.78 is 0. The fourth-order valence-electron chi connectivity index (χ4n) is 6.55. The topological polar surface area (TPSA) is 15.6 Å². The molecule has 0 aromatic heterocycles. The van der Waals surface area contributed by atoms with E-state index in [1.54, 1.807) is 0 Å². The summed E-state index contributed by atoms with van der Waals surface area (Å²) in [4.78, 5) is 8.19. The predicted octanol–water partition coefficient (Wildman–Crippen LogP) is 6.74. The Labute approximate surface area is 196 Å². The minimum absolute atomic E-state index is 0.300. The van der Waals surface area contributed by atoms with Gasteiger partial charge < -0.3 is 0 Å². The number of halogens is 1. The molecule has 0 radical (unpaired) electrons. The number of benzene rings is 3. The normalized spacial score (nSPS) is 29.7. The van der Waals surface area contributed by atoms with E-state index in [0.29, 0.717) is 36.5 Å². The Kier molecular flexibility index (Phi) is 5.37. The Hall–Kier alpha value is -2.42. The van der Waals surface area contributed by atoms with Gasteiger partial charge in [0.05, 0.1) is 12.6 Å². The first-order valence-corrected chi connectivity index (χ1v) is 12.3. The van der Waals surface area contributed by atoms with Gasteiger partial charge in [0.1, 0.15) is 0 Å². The van der Waals surface area contributed by atoms with E-state index in [1.165, 1.54) is 42.5 Å². The highest BCUT2D eigenvalue weighted by Gasteiger charge is 2.54. The van der Waals surface area contributed by atoms with Gasteiger partial charge in [-0.25, -0.2) is 0 Å². The second kappa shape index (κ2) is 8.50. The number of piperidine rings is 3. The molecule has 0 amide bonds. The van der Waals surface area contributed by atoms with E-state index in [1.807, 2.05) is 12.1 Å². The van der Waals surface area contributed by atoms with E-state index in [4.69, 9.17) is 16.6 Å². The number of nitrogens with zero attached hydrogens (tertiary/aromatic N) is 2. The van der Waals surface area contributed by atoms with Crippen molar-refractivity contribution >= 4 is 17.3 Å². The summed E-state index contributed by atoms with van der Waals surface area (Å²) in [5, 5.41) is 0.817. The molecule has 5 atom stereocenters. The van der Waals surface area contributed by atoms with Crippen molar-refractivity contribution in [1.82, 2.24) is 4.90 Å². The molecular formula is C29H29ClN2. The average Bonchev–Trinajstić information content (AvgIpc) is 3.13. The summed E-state index contributed by atoms with van der Waals surface area (Å²) in [6, 6.07) is 32.0. The molecule has 4 fully saturated rings. The molecule has 0 spiro atoms. The Bertz CT molecular complexity index is 1060. The van der Waals surface area contributed by atoms with Gasteiger partial charge >= 0.3 is 0 Å². The molecule has 0 saturated carbocycles. The molecule has 0 N–H and O–H groups in total. The standard InChI is InChI=1S/C29H29ClN2/c30-26-14-8-7-13-22(26)19-31-28-23-17-24-15-16-25(18-23)32(24)29(28)27(20-9-3-1-4-10-20)21-11-5-2-6-12-21/h1-14,23-25,27,29H,15-19H2/t23?,24-,25+,29?. The molecule has 4 bridgehead atoms. The lowest BCUT2D eigenvalue weighted by Crippen LogP contribution is -2.62. The quantitative estimate of drug-likeness (QED) is 0.429. The molecule has 0 aliphatic carbocycles. The zero-order valence-corrected chi connectivity index (χ0v) is 19.0. The Morgan fingerprint density at radius 3 is 1.94 bits per heavy atom. The minimum atomic E-state index is 0.300. The van der Waals surface area contributed by atoms with Crippen LogP contribution in [0.3, 0.4) is 0 Å². The van der Waals surface area contributed by atoms with Gasteiger partial charge in [0, 0.05) is 34.7 Å². The van der Waals surface area contributed by atoms with Crippen molar-refractivity contribution in [2.75, 3.05) is 0 Å². The summed E-state index contributed by atoms with van der Waals surface area (Å²) >= 11 is 6.49. The Morgan fingerprint density at radius 2 is 1.34 bits per heavy atom. The number of rotatable bonds is 5. The molecule has 4 heterocycles. The zero-order valence-electron chi connectivity index (χ0n) is 18.3. The van der Waals surface area contributed by atoms with Crippen molar-refractivity contribution in [3.8, 4) is 0 Å². The molecule has 4 aliphatic heterocycles. The van der Waals surface area contributed by atoms with E-state index in [9.17, 15) is 0 Å². The molecule has 3 unspecified atom stereocenters. The monoisotopic (exact) mass is 440 g/mol. The second-order valence-corrected chi connectivity index (χ2v) is 9.98. The number of hydrogen-bond acceptors (Lipinski definition) is 2. The maximum absolute atomic E-state index is 6.49. The van der Waals surface area contributed by atoms with Gasteiger partial charge in [0.2, 0.25) is 0 Å². The van der Waals surface area contributed by atoms with Crippen LogP contribution in [-0.4, -0.2) is 28.7 Å². The third-order valence-corrected chi connectivity index (χ3v) is 8.22. The smallest absolute Gasteiger partial charge is 0.0654 e. The summed E-state index contributed by atoms with van der Waals surface area (Å²) in [6.07, 6.45) is 5.22. The van der Waals surface area contributed by atoms with Crippen LogP contribution in [0.2, 0.25) is 5.02 Å². The number of hydrogen-bond donors (Lipinski definition) is 0. The highest BCUT2D eigenvalue weighted by Crippen LogP contribution is 2.50. The van der Waals surface area contributed by atoms with Crippen molar-refractivity contribution in [2.45, 2.75) is 56.3 Å². The van der Waals surface area contributed by atoms with Crippen LogP contribution in [0, 0.1) is 5.92 Å². The van der Waals surface area contributed by atoms with Crippen LogP contribution in [0.5, 0.6) is 0 Å². The lowest BCUT2D eigenvalue weighted by atomic mass is 9.70. The van der Waals surface area contributed by atoms with Crippen molar-refractivity contribution in [2.24, 2.45) is 10.9 Å². The SMILES string of the molecule is Clc1ccccc1CN=C1C2C[C@H]3CC[C@@H](C2)N3C1C(c1ccccc1)c1ccccc1. The van der Waals surface area contributed by atoms with Crippen molar-refractivity contribution in [3.05, 3.63) is 107 Å². The van der Waals surface area contributed by atoms with Crippen LogP contribution in [0.4, 0.5) is 0 Å². The van der Waals surface area contributed by atoms with Crippen LogP contribution < -0.4 is 0 Å². The molecule has 162 valence electrons. The summed E-state index contributed by atoms with van der Waals surface area (Å²) in [6.45, 7) is 0.668. The van der Waals surface area contributed by atoms with Gasteiger partial charge in [-0.05, 0) is 48.4 Å². The first kappa shape index (κ1) is 20.2. The summed E-state index contributed by atoms with van der Waals surface area (Å²) in [7, 11) is 0. The fourth-order valence-corrected chi connectivity index (χ4v) is 6.75. The van der Waals surface area contributed by atoms with E-state index in [0.717, 1.165) is 10.6 Å². The first-order chi connectivity index (χ1) is 15.8. The van der Waals surface area contributed by atoms with Crippen LogP contribution in [0.1, 0.15) is 48.3 Å². The van der Waals surface area contributed by atoms with Crippen molar-refractivity contribution in [3.63, 3.8) is 0 Å². The van der Waals surface area contributed by atoms with Crippen molar-refractivity contribution in [1.29, 1.82) is 0 Å². The van der Waals surface area contributed by atoms with Gasteiger partial charge in [0.15, 0.2) is 0 Å². The molecule has 7 rings (SSSR count). The summed E-state index contributed by atoms with van der Waals surface area (Å²) in [5.74, 6) is 0.897. The molecule has 3 heteroatoms. The molecule has 4 aliphatic rings.